The number of rotatable bonds is 7. The van der Waals surface area contributed by atoms with E-state index in [1.807, 2.05) is 6.08 Å². The average molecular weight is 165 g/mol. The van der Waals surface area contributed by atoms with Gasteiger partial charge >= 0.3 is 0 Å². The molecule has 0 aliphatic rings. The Morgan fingerprint density at radius 2 is 2.17 bits per heavy atom. The molecule has 0 rings (SSSR count). The van der Waals surface area contributed by atoms with E-state index in [0.29, 0.717) is 0 Å². The first-order valence-electron chi connectivity index (χ1n) is 4.85. The van der Waals surface area contributed by atoms with Gasteiger partial charge in [0.2, 0.25) is 0 Å². The smallest absolute Gasteiger partial charge is 0.0659 e. The van der Waals surface area contributed by atoms with E-state index in [4.69, 9.17) is 5.26 Å². The summed E-state index contributed by atoms with van der Waals surface area (Å²) < 4.78 is 0. The van der Waals surface area contributed by atoms with Crippen LogP contribution in [0.15, 0.2) is 12.7 Å². The molecule has 0 heterocycles. The highest BCUT2D eigenvalue weighted by Crippen LogP contribution is 2.13. The minimum atomic E-state index is 0.208. The van der Waals surface area contributed by atoms with Crippen molar-refractivity contribution in [3.8, 4) is 6.07 Å². The Labute approximate surface area is 76.1 Å². The summed E-state index contributed by atoms with van der Waals surface area (Å²) in [5.74, 6) is 0.208. The second-order valence-electron chi connectivity index (χ2n) is 3.20. The molecular weight excluding hydrogens is 146 g/mol. The van der Waals surface area contributed by atoms with Crippen molar-refractivity contribution in [2.45, 2.75) is 45.4 Å². The lowest BCUT2D eigenvalue weighted by atomic mass is 9.99. The van der Waals surface area contributed by atoms with Gasteiger partial charge in [-0.1, -0.05) is 38.7 Å². The molecule has 0 aliphatic carbocycles. The zero-order valence-corrected chi connectivity index (χ0v) is 8.05. The monoisotopic (exact) mass is 165 g/mol. The van der Waals surface area contributed by atoms with Crippen LogP contribution in [0.2, 0.25) is 0 Å². The first-order valence-corrected chi connectivity index (χ1v) is 4.85. The van der Waals surface area contributed by atoms with Crippen LogP contribution in [0.25, 0.3) is 0 Å². The third-order valence-electron chi connectivity index (χ3n) is 2.04. The standard InChI is InChI=1S/C11H19N/c1-3-5-6-7-9-11(10-12)8-4-2/h4,11H,2-3,5-9H2,1H3. The van der Waals surface area contributed by atoms with Gasteiger partial charge in [0.25, 0.3) is 0 Å². The number of allylic oxidation sites excluding steroid dienone is 1. The Morgan fingerprint density at radius 3 is 2.67 bits per heavy atom. The number of unbranched alkanes of at least 4 members (excludes halogenated alkanes) is 3. The van der Waals surface area contributed by atoms with Crippen LogP contribution in [0.4, 0.5) is 0 Å². The van der Waals surface area contributed by atoms with E-state index in [9.17, 15) is 0 Å². The van der Waals surface area contributed by atoms with Gasteiger partial charge in [0.1, 0.15) is 0 Å². The van der Waals surface area contributed by atoms with Crippen molar-refractivity contribution in [1.82, 2.24) is 0 Å². The molecule has 0 fully saturated rings. The number of hydrogen-bond acceptors (Lipinski definition) is 1. The van der Waals surface area contributed by atoms with Gasteiger partial charge in [0.05, 0.1) is 6.07 Å². The van der Waals surface area contributed by atoms with Crippen LogP contribution in [0.1, 0.15) is 45.4 Å². The fraction of sp³-hybridized carbons (Fsp3) is 0.727. The van der Waals surface area contributed by atoms with Gasteiger partial charge in [0.15, 0.2) is 0 Å². The molecular formula is C11H19N. The van der Waals surface area contributed by atoms with Crippen LogP contribution >= 0.6 is 0 Å². The fourth-order valence-corrected chi connectivity index (χ4v) is 1.25. The highest BCUT2D eigenvalue weighted by molar-refractivity contribution is 4.87. The maximum atomic E-state index is 8.72. The van der Waals surface area contributed by atoms with Gasteiger partial charge in [-0.3, -0.25) is 0 Å². The molecule has 0 aromatic rings. The summed E-state index contributed by atoms with van der Waals surface area (Å²) in [6.07, 6.45) is 8.76. The second kappa shape index (κ2) is 8.33. The summed E-state index contributed by atoms with van der Waals surface area (Å²) >= 11 is 0. The molecule has 0 bridgehead atoms. The molecule has 1 heteroatoms. The Morgan fingerprint density at radius 1 is 1.42 bits per heavy atom. The Hall–Kier alpha value is -0.770. The topological polar surface area (TPSA) is 23.8 Å². The Kier molecular flexibility index (Phi) is 7.79. The molecule has 0 amide bonds. The zero-order chi connectivity index (χ0) is 9.23. The van der Waals surface area contributed by atoms with Crippen molar-refractivity contribution < 1.29 is 0 Å². The quantitative estimate of drug-likeness (QED) is 0.417. The first-order chi connectivity index (χ1) is 5.85. The van der Waals surface area contributed by atoms with Gasteiger partial charge < -0.3 is 0 Å². The lowest BCUT2D eigenvalue weighted by molar-refractivity contribution is 0.542. The summed E-state index contributed by atoms with van der Waals surface area (Å²) in [6, 6.07) is 2.31. The molecule has 0 saturated heterocycles. The first kappa shape index (κ1) is 11.2. The van der Waals surface area contributed by atoms with Crippen molar-refractivity contribution in [3.05, 3.63) is 12.7 Å². The van der Waals surface area contributed by atoms with Crippen LogP contribution in [-0.4, -0.2) is 0 Å². The van der Waals surface area contributed by atoms with E-state index in [1.54, 1.807) is 0 Å². The lowest BCUT2D eigenvalue weighted by Gasteiger charge is -2.04. The average Bonchev–Trinajstić information content (AvgIpc) is 2.10. The largest absolute Gasteiger partial charge is 0.198 e. The highest BCUT2D eigenvalue weighted by Gasteiger charge is 2.03. The van der Waals surface area contributed by atoms with Crippen molar-refractivity contribution in [2.24, 2.45) is 5.92 Å². The van der Waals surface area contributed by atoms with Crippen LogP contribution in [0.5, 0.6) is 0 Å². The molecule has 0 N–H and O–H groups in total. The van der Waals surface area contributed by atoms with Crippen molar-refractivity contribution in [1.29, 1.82) is 5.26 Å². The highest BCUT2D eigenvalue weighted by atomic mass is 14.3. The molecule has 1 unspecified atom stereocenters. The Bertz CT molecular complexity index is 144. The van der Waals surface area contributed by atoms with E-state index >= 15 is 0 Å². The minimum Gasteiger partial charge on any atom is -0.198 e. The minimum absolute atomic E-state index is 0.208. The number of nitrogens with zero attached hydrogens (tertiary/aromatic N) is 1. The van der Waals surface area contributed by atoms with Gasteiger partial charge in [-0.25, -0.2) is 0 Å². The van der Waals surface area contributed by atoms with Crippen molar-refractivity contribution >= 4 is 0 Å². The van der Waals surface area contributed by atoms with Crippen LogP contribution in [0.3, 0.4) is 0 Å². The predicted molar refractivity (Wildman–Crippen MR) is 52.7 cm³/mol. The van der Waals surface area contributed by atoms with Crippen LogP contribution in [-0.2, 0) is 0 Å². The molecule has 0 spiro atoms. The fourth-order valence-electron chi connectivity index (χ4n) is 1.25. The maximum absolute atomic E-state index is 8.72. The van der Waals surface area contributed by atoms with Crippen molar-refractivity contribution in [2.75, 3.05) is 0 Å². The molecule has 68 valence electrons. The maximum Gasteiger partial charge on any atom is 0.0659 e. The van der Waals surface area contributed by atoms with E-state index in [2.05, 4.69) is 19.6 Å². The molecule has 0 aromatic heterocycles. The molecule has 0 saturated carbocycles. The van der Waals surface area contributed by atoms with E-state index < -0.39 is 0 Å². The number of hydrogen-bond donors (Lipinski definition) is 0. The third-order valence-corrected chi connectivity index (χ3v) is 2.04. The molecule has 12 heavy (non-hydrogen) atoms. The van der Waals surface area contributed by atoms with Gasteiger partial charge in [-0.2, -0.15) is 5.26 Å². The lowest BCUT2D eigenvalue weighted by Crippen LogP contribution is -1.94. The molecule has 1 atom stereocenters. The van der Waals surface area contributed by atoms with Gasteiger partial charge in [-0.15, -0.1) is 6.58 Å². The second-order valence-corrected chi connectivity index (χ2v) is 3.20. The van der Waals surface area contributed by atoms with E-state index in [1.165, 1.54) is 25.7 Å². The van der Waals surface area contributed by atoms with Gasteiger partial charge in [-0.05, 0) is 12.8 Å². The molecule has 1 nitrogen and oxygen atoms in total. The summed E-state index contributed by atoms with van der Waals surface area (Å²) in [6.45, 7) is 5.84. The normalized spacial score (nSPS) is 12.0. The SMILES string of the molecule is C=CCC(C#N)CCCCCC. The summed E-state index contributed by atoms with van der Waals surface area (Å²) in [5.41, 5.74) is 0. The van der Waals surface area contributed by atoms with Crippen LogP contribution in [0, 0.1) is 17.2 Å². The third kappa shape index (κ3) is 5.97. The summed E-state index contributed by atoms with van der Waals surface area (Å²) in [5, 5.41) is 8.72. The molecule has 0 aliphatic heterocycles. The van der Waals surface area contributed by atoms with E-state index in [0.717, 1.165) is 12.8 Å². The summed E-state index contributed by atoms with van der Waals surface area (Å²) in [7, 11) is 0. The zero-order valence-electron chi connectivity index (χ0n) is 8.05. The van der Waals surface area contributed by atoms with Crippen LogP contribution < -0.4 is 0 Å². The van der Waals surface area contributed by atoms with Crippen molar-refractivity contribution in [3.63, 3.8) is 0 Å². The predicted octanol–water partition coefficient (Wildman–Crippen LogP) is 3.67. The number of nitriles is 1. The Balaban J connectivity index is 3.33. The molecule has 0 aromatic carbocycles. The molecule has 0 radical (unpaired) electrons. The van der Waals surface area contributed by atoms with E-state index in [-0.39, 0.29) is 5.92 Å². The van der Waals surface area contributed by atoms with Gasteiger partial charge in [0, 0.05) is 5.92 Å². The summed E-state index contributed by atoms with van der Waals surface area (Å²) in [4.78, 5) is 0.